The van der Waals surface area contributed by atoms with Crippen LogP contribution in [0.25, 0.3) is 120 Å². The first kappa shape index (κ1) is 34.3. The second-order valence-corrected chi connectivity index (χ2v) is 16.0. The fraction of sp³-hybridized carbons (Fsp3) is 0. The molecule has 0 radical (unpaired) electrons. The van der Waals surface area contributed by atoms with Gasteiger partial charge >= 0.3 is 0 Å². The molecule has 12 rings (SSSR count). The second-order valence-electron chi connectivity index (χ2n) is 16.0. The third-order valence-electron chi connectivity index (χ3n) is 12.6. The summed E-state index contributed by atoms with van der Waals surface area (Å²) < 4.78 is 0. The number of hydrogen-bond acceptors (Lipinski definition) is 0. The molecule has 0 aliphatic carbocycles. The van der Waals surface area contributed by atoms with Gasteiger partial charge in [-0.2, -0.15) is 0 Å². The Morgan fingerprint density at radius 2 is 0.600 bits per heavy atom. The van der Waals surface area contributed by atoms with Gasteiger partial charge in [0.1, 0.15) is 0 Å². The van der Waals surface area contributed by atoms with E-state index in [1.54, 1.807) is 0 Å². The maximum atomic E-state index is 2.40. The van der Waals surface area contributed by atoms with Crippen LogP contribution in [0.15, 0.2) is 231 Å². The third kappa shape index (κ3) is 5.69. The van der Waals surface area contributed by atoms with E-state index in [1.165, 1.54) is 120 Å². The van der Waals surface area contributed by atoms with Crippen molar-refractivity contribution in [1.82, 2.24) is 0 Å². The lowest BCUT2D eigenvalue weighted by Crippen LogP contribution is -1.89. The van der Waals surface area contributed by atoms with E-state index in [0.717, 1.165) is 0 Å². The Morgan fingerprint density at radius 1 is 0.167 bits per heavy atom. The summed E-state index contributed by atoms with van der Waals surface area (Å²) in [6.07, 6.45) is 0. The van der Waals surface area contributed by atoms with Gasteiger partial charge in [-0.25, -0.2) is 0 Å². The maximum absolute atomic E-state index is 2.40. The summed E-state index contributed by atoms with van der Waals surface area (Å²) in [5.74, 6) is 0. The average molecular weight is 759 g/mol. The van der Waals surface area contributed by atoms with Crippen molar-refractivity contribution >= 4 is 64.6 Å². The Balaban J connectivity index is 0.986. The molecule has 0 aliphatic rings. The molecule has 0 saturated heterocycles. The lowest BCUT2D eigenvalue weighted by Gasteiger charge is -2.16. The van der Waals surface area contributed by atoms with Crippen molar-refractivity contribution in [1.29, 1.82) is 0 Å². The zero-order chi connectivity index (χ0) is 39.6. The zero-order valence-electron chi connectivity index (χ0n) is 32.9. The van der Waals surface area contributed by atoms with Crippen LogP contribution >= 0.6 is 0 Å². The van der Waals surface area contributed by atoms with Crippen molar-refractivity contribution in [2.24, 2.45) is 0 Å². The first-order valence-corrected chi connectivity index (χ1v) is 20.8. The highest BCUT2D eigenvalue weighted by atomic mass is 14.2. The van der Waals surface area contributed by atoms with Crippen LogP contribution in [0.5, 0.6) is 0 Å². The molecule has 0 atom stereocenters. The Hall–Kier alpha value is -7.80. The number of benzene rings is 12. The second kappa shape index (κ2) is 13.9. The number of hydrogen-bond donors (Lipinski definition) is 0. The van der Waals surface area contributed by atoms with Gasteiger partial charge in [-0.1, -0.05) is 188 Å². The van der Waals surface area contributed by atoms with Crippen molar-refractivity contribution in [2.75, 3.05) is 0 Å². The highest BCUT2D eigenvalue weighted by Crippen LogP contribution is 2.42. The first-order valence-electron chi connectivity index (χ1n) is 20.8. The van der Waals surface area contributed by atoms with E-state index in [4.69, 9.17) is 0 Å². The van der Waals surface area contributed by atoms with Crippen molar-refractivity contribution in [3.63, 3.8) is 0 Å². The SMILES string of the molecule is c1ccc(-c2c3ccc(-c4cccc(-c5cc6ccccc6c6ccccc56)c4)cc3cc3ccc(-c4cccc(-c5cc6ccccc6c6ccccc56)c4)cc23)cc1. The van der Waals surface area contributed by atoms with E-state index >= 15 is 0 Å². The largest absolute Gasteiger partial charge is 0.0622 e. The molecule has 0 fully saturated rings. The first-order chi connectivity index (χ1) is 29.7. The van der Waals surface area contributed by atoms with Gasteiger partial charge in [0.2, 0.25) is 0 Å². The monoisotopic (exact) mass is 758 g/mol. The highest BCUT2D eigenvalue weighted by molar-refractivity contribution is 6.16. The van der Waals surface area contributed by atoms with E-state index in [0.29, 0.717) is 0 Å². The summed E-state index contributed by atoms with van der Waals surface area (Å²) in [5, 5.41) is 15.2. The van der Waals surface area contributed by atoms with Gasteiger partial charge in [0.15, 0.2) is 0 Å². The van der Waals surface area contributed by atoms with Gasteiger partial charge in [0.05, 0.1) is 0 Å². The lowest BCUT2D eigenvalue weighted by atomic mass is 9.88. The molecule has 0 spiro atoms. The van der Waals surface area contributed by atoms with E-state index in [9.17, 15) is 0 Å². The van der Waals surface area contributed by atoms with Crippen LogP contribution in [-0.4, -0.2) is 0 Å². The van der Waals surface area contributed by atoms with Crippen LogP contribution in [0.1, 0.15) is 0 Å². The van der Waals surface area contributed by atoms with E-state index in [2.05, 4.69) is 231 Å². The third-order valence-corrected chi connectivity index (χ3v) is 12.6. The molecule has 0 aliphatic heterocycles. The van der Waals surface area contributed by atoms with Crippen molar-refractivity contribution in [2.45, 2.75) is 0 Å². The molecule has 0 N–H and O–H groups in total. The zero-order valence-corrected chi connectivity index (χ0v) is 32.9. The van der Waals surface area contributed by atoms with Crippen LogP contribution < -0.4 is 0 Å². The molecular weight excluding hydrogens is 721 g/mol. The molecule has 0 aromatic heterocycles. The minimum Gasteiger partial charge on any atom is -0.0622 e. The molecule has 0 amide bonds. The molecule has 12 aromatic carbocycles. The van der Waals surface area contributed by atoms with Gasteiger partial charge in [-0.3, -0.25) is 0 Å². The topological polar surface area (TPSA) is 0 Å². The molecule has 0 heterocycles. The van der Waals surface area contributed by atoms with Crippen LogP contribution in [0.4, 0.5) is 0 Å². The summed E-state index contributed by atoms with van der Waals surface area (Å²) in [6.45, 7) is 0. The molecule has 0 unspecified atom stereocenters. The highest BCUT2D eigenvalue weighted by Gasteiger charge is 2.15. The normalized spacial score (nSPS) is 11.7. The van der Waals surface area contributed by atoms with Gasteiger partial charge in [-0.15, -0.1) is 0 Å². The van der Waals surface area contributed by atoms with Crippen molar-refractivity contribution < 1.29 is 0 Å². The fourth-order valence-electron chi connectivity index (χ4n) is 9.71. The molecule has 0 heteroatoms. The summed E-state index contributed by atoms with van der Waals surface area (Å²) in [6, 6.07) is 85.2. The van der Waals surface area contributed by atoms with Gasteiger partial charge in [-0.05, 0) is 163 Å². The predicted octanol–water partition coefficient (Wildman–Crippen LogP) is 16.9. The van der Waals surface area contributed by atoms with Crippen LogP contribution in [0.2, 0.25) is 0 Å². The standard InChI is InChI=1S/C60H38/c1-2-14-39(15-3-1)60-52-31-30-42(40-18-12-20-44(32-40)57-37-46-16-4-6-22-50(46)53-24-8-10-26-55(53)57)34-49(52)35-48-29-28-43(36-59(48)60)41-19-13-21-45(33-41)58-38-47-17-5-7-23-51(47)54-25-9-11-27-56(54)58/h1-38H. The van der Waals surface area contributed by atoms with Gasteiger partial charge in [0.25, 0.3) is 0 Å². The molecule has 0 nitrogen and oxygen atoms in total. The Labute approximate surface area is 349 Å². The lowest BCUT2D eigenvalue weighted by molar-refractivity contribution is 1.61. The summed E-state index contributed by atoms with van der Waals surface area (Å²) in [7, 11) is 0. The molecule has 0 saturated carbocycles. The van der Waals surface area contributed by atoms with Crippen molar-refractivity contribution in [3.05, 3.63) is 231 Å². The number of rotatable bonds is 5. The predicted molar refractivity (Wildman–Crippen MR) is 259 cm³/mol. The minimum absolute atomic E-state index is 1.21. The minimum atomic E-state index is 1.21. The Bertz CT molecular complexity index is 3650. The average Bonchev–Trinajstić information content (AvgIpc) is 3.32. The van der Waals surface area contributed by atoms with Crippen LogP contribution in [0.3, 0.4) is 0 Å². The smallest absolute Gasteiger partial charge is 0.00266 e. The van der Waals surface area contributed by atoms with Crippen LogP contribution in [-0.2, 0) is 0 Å². The fourth-order valence-corrected chi connectivity index (χ4v) is 9.71. The molecule has 278 valence electrons. The molecule has 60 heavy (non-hydrogen) atoms. The van der Waals surface area contributed by atoms with Gasteiger partial charge < -0.3 is 0 Å². The summed E-state index contributed by atoms with van der Waals surface area (Å²) in [4.78, 5) is 0. The van der Waals surface area contributed by atoms with Crippen LogP contribution in [0, 0.1) is 0 Å². The van der Waals surface area contributed by atoms with E-state index in [-0.39, 0.29) is 0 Å². The summed E-state index contributed by atoms with van der Waals surface area (Å²) >= 11 is 0. The van der Waals surface area contributed by atoms with E-state index < -0.39 is 0 Å². The number of fused-ring (bicyclic) bond motifs is 8. The molecule has 12 aromatic rings. The maximum Gasteiger partial charge on any atom is -0.00266 e. The molecular formula is C60H38. The molecule has 0 bridgehead atoms. The summed E-state index contributed by atoms with van der Waals surface area (Å²) in [5.41, 5.74) is 12.3. The quantitative estimate of drug-likeness (QED) is 0.121. The van der Waals surface area contributed by atoms with Gasteiger partial charge in [0, 0.05) is 0 Å². The Kier molecular flexibility index (Phi) is 7.96. The van der Waals surface area contributed by atoms with Crippen molar-refractivity contribution in [3.8, 4) is 55.6 Å². The van der Waals surface area contributed by atoms with E-state index in [1.807, 2.05) is 0 Å². The Morgan fingerprint density at radius 3 is 1.20 bits per heavy atom.